The van der Waals surface area contributed by atoms with Crippen LogP contribution in [0.25, 0.3) is 11.4 Å². The van der Waals surface area contributed by atoms with Crippen LogP contribution < -0.4 is 15.4 Å². The standard InChI is InChI=1S/C20H18F2N6O2/c21-12-7-8-14(15-16(12)23-19(29)24-20(15)9-2-1-3-10-20)30-17-11(5-4-6-13(17)22)18-25-27-28-26-18/h4-8H,1-3,9-10H2,(H2,23,24,29)(H,25,26,27,28). The summed E-state index contributed by atoms with van der Waals surface area (Å²) in [4.78, 5) is 12.3. The van der Waals surface area contributed by atoms with Crippen LogP contribution in [0.2, 0.25) is 0 Å². The van der Waals surface area contributed by atoms with Crippen molar-refractivity contribution in [3.8, 4) is 22.9 Å². The van der Waals surface area contributed by atoms with Crippen molar-refractivity contribution in [3.05, 3.63) is 47.5 Å². The van der Waals surface area contributed by atoms with E-state index in [4.69, 9.17) is 4.74 Å². The largest absolute Gasteiger partial charge is 0.453 e. The van der Waals surface area contributed by atoms with Gasteiger partial charge in [-0.25, -0.2) is 13.6 Å². The summed E-state index contributed by atoms with van der Waals surface area (Å²) in [6.45, 7) is 0. The molecule has 30 heavy (non-hydrogen) atoms. The Hall–Kier alpha value is -3.56. The smallest absolute Gasteiger partial charge is 0.320 e. The summed E-state index contributed by atoms with van der Waals surface area (Å²) in [5.41, 5.74) is 0.0808. The molecule has 2 aromatic carbocycles. The number of nitrogens with one attached hydrogen (secondary N) is 3. The molecule has 1 fully saturated rings. The lowest BCUT2D eigenvalue weighted by Crippen LogP contribution is -2.53. The number of H-pyrrole nitrogens is 1. The van der Waals surface area contributed by atoms with E-state index in [1.54, 1.807) is 6.07 Å². The lowest BCUT2D eigenvalue weighted by molar-refractivity contribution is 0.205. The average molecular weight is 412 g/mol. The molecular weight excluding hydrogens is 394 g/mol. The Morgan fingerprint density at radius 2 is 1.87 bits per heavy atom. The van der Waals surface area contributed by atoms with E-state index in [1.165, 1.54) is 24.3 Å². The highest BCUT2D eigenvalue weighted by molar-refractivity contribution is 5.95. The molecule has 0 radical (unpaired) electrons. The molecule has 1 saturated carbocycles. The number of rotatable bonds is 3. The van der Waals surface area contributed by atoms with Gasteiger partial charge in [0.2, 0.25) is 5.82 Å². The molecule has 1 spiro atoms. The summed E-state index contributed by atoms with van der Waals surface area (Å²) in [7, 11) is 0. The molecule has 10 heteroatoms. The highest BCUT2D eigenvalue weighted by atomic mass is 19.1. The van der Waals surface area contributed by atoms with Crippen LogP contribution in [-0.2, 0) is 5.54 Å². The number of para-hydroxylation sites is 1. The Balaban J connectivity index is 1.67. The summed E-state index contributed by atoms with van der Waals surface area (Å²) in [5.74, 6) is -0.865. The molecule has 2 aliphatic rings. The van der Waals surface area contributed by atoms with Crippen molar-refractivity contribution >= 4 is 11.7 Å². The molecule has 1 aliphatic carbocycles. The van der Waals surface area contributed by atoms with E-state index in [2.05, 4.69) is 31.3 Å². The number of halogens is 2. The van der Waals surface area contributed by atoms with Crippen LogP contribution in [0.1, 0.15) is 37.7 Å². The first kappa shape index (κ1) is 18.5. The molecule has 0 atom stereocenters. The molecule has 5 rings (SSSR count). The Labute approximate surface area is 170 Å². The predicted molar refractivity (Wildman–Crippen MR) is 103 cm³/mol. The van der Waals surface area contributed by atoms with Gasteiger partial charge < -0.3 is 15.4 Å². The van der Waals surface area contributed by atoms with E-state index in [0.29, 0.717) is 24.0 Å². The number of tetrazole rings is 1. The number of fused-ring (bicyclic) bond motifs is 2. The van der Waals surface area contributed by atoms with Crippen molar-refractivity contribution in [3.63, 3.8) is 0 Å². The molecule has 3 aromatic rings. The predicted octanol–water partition coefficient (Wildman–Crippen LogP) is 4.23. The maximum atomic E-state index is 14.8. The van der Waals surface area contributed by atoms with Crippen molar-refractivity contribution in [2.45, 2.75) is 37.6 Å². The summed E-state index contributed by atoms with van der Waals surface area (Å²) in [6.07, 6.45) is 4.07. The van der Waals surface area contributed by atoms with Gasteiger partial charge in [0, 0.05) is 5.56 Å². The van der Waals surface area contributed by atoms with Crippen LogP contribution in [-0.4, -0.2) is 26.7 Å². The van der Waals surface area contributed by atoms with Gasteiger partial charge in [-0.2, -0.15) is 5.21 Å². The number of anilines is 1. The first-order chi connectivity index (χ1) is 14.6. The molecule has 3 N–H and O–H groups in total. The lowest BCUT2D eigenvalue weighted by Gasteiger charge is -2.43. The number of hydrogen-bond donors (Lipinski definition) is 3. The van der Waals surface area contributed by atoms with Crippen LogP contribution >= 0.6 is 0 Å². The normalized spacial score (nSPS) is 17.2. The monoisotopic (exact) mass is 412 g/mol. The number of aromatic amines is 1. The van der Waals surface area contributed by atoms with Gasteiger partial charge in [0.1, 0.15) is 11.6 Å². The second kappa shape index (κ2) is 7.05. The zero-order valence-corrected chi connectivity index (χ0v) is 15.8. The second-order valence-corrected chi connectivity index (χ2v) is 7.47. The van der Waals surface area contributed by atoms with E-state index < -0.39 is 23.2 Å². The first-order valence-corrected chi connectivity index (χ1v) is 9.70. The number of urea groups is 1. The fraction of sp³-hybridized carbons (Fsp3) is 0.300. The van der Waals surface area contributed by atoms with Gasteiger partial charge in [-0.15, -0.1) is 10.2 Å². The summed E-state index contributed by atoms with van der Waals surface area (Å²) in [5, 5.41) is 19.2. The number of benzene rings is 2. The van der Waals surface area contributed by atoms with Crippen LogP contribution in [0.5, 0.6) is 11.5 Å². The highest BCUT2D eigenvalue weighted by Gasteiger charge is 2.44. The molecule has 1 aromatic heterocycles. The van der Waals surface area contributed by atoms with Gasteiger partial charge in [-0.3, -0.25) is 0 Å². The summed E-state index contributed by atoms with van der Waals surface area (Å²) in [6, 6.07) is 6.57. The molecule has 0 unspecified atom stereocenters. The van der Waals surface area contributed by atoms with E-state index in [-0.39, 0.29) is 23.0 Å². The topological polar surface area (TPSA) is 105 Å². The van der Waals surface area contributed by atoms with Gasteiger partial charge in [-0.05, 0) is 42.3 Å². The highest BCUT2D eigenvalue weighted by Crippen LogP contribution is 2.49. The number of carbonyl (C=O) groups is 1. The number of aromatic nitrogens is 4. The minimum atomic E-state index is -0.773. The van der Waals surface area contributed by atoms with Gasteiger partial charge in [-0.1, -0.05) is 25.3 Å². The molecule has 154 valence electrons. The lowest BCUT2D eigenvalue weighted by atomic mass is 9.74. The Kier molecular flexibility index (Phi) is 4.34. The maximum absolute atomic E-state index is 14.8. The Morgan fingerprint density at radius 1 is 1.03 bits per heavy atom. The maximum Gasteiger partial charge on any atom is 0.320 e. The first-order valence-electron chi connectivity index (χ1n) is 9.70. The quantitative estimate of drug-likeness (QED) is 0.597. The Bertz CT molecular complexity index is 1110. The summed E-state index contributed by atoms with van der Waals surface area (Å²) >= 11 is 0. The zero-order chi connectivity index (χ0) is 20.7. The molecule has 0 saturated heterocycles. The van der Waals surface area contributed by atoms with Crippen LogP contribution in [0, 0.1) is 11.6 Å². The van der Waals surface area contributed by atoms with Crippen molar-refractivity contribution in [1.82, 2.24) is 25.9 Å². The molecule has 2 amide bonds. The number of ether oxygens (including phenoxy) is 1. The van der Waals surface area contributed by atoms with E-state index in [9.17, 15) is 13.6 Å². The van der Waals surface area contributed by atoms with E-state index in [0.717, 1.165) is 19.3 Å². The number of hydrogen-bond acceptors (Lipinski definition) is 5. The van der Waals surface area contributed by atoms with Crippen LogP contribution in [0.15, 0.2) is 30.3 Å². The van der Waals surface area contributed by atoms with E-state index in [1.807, 2.05) is 0 Å². The minimum absolute atomic E-state index is 0.0654. The third-order valence-electron chi connectivity index (χ3n) is 5.66. The van der Waals surface area contributed by atoms with Gasteiger partial charge in [0.25, 0.3) is 0 Å². The van der Waals surface area contributed by atoms with E-state index >= 15 is 0 Å². The SMILES string of the molecule is O=C1Nc2c(F)ccc(Oc3c(F)cccc3-c3nn[nH]n3)c2C2(CCCCC2)N1. The van der Waals surface area contributed by atoms with Gasteiger partial charge in [0.05, 0.1) is 16.8 Å². The molecule has 2 heterocycles. The van der Waals surface area contributed by atoms with Gasteiger partial charge >= 0.3 is 6.03 Å². The number of amides is 2. The van der Waals surface area contributed by atoms with Crippen LogP contribution in [0.4, 0.5) is 19.3 Å². The third kappa shape index (κ3) is 2.95. The molecular formula is C20H18F2N6O2. The van der Waals surface area contributed by atoms with Crippen molar-refractivity contribution in [2.75, 3.05) is 5.32 Å². The molecule has 8 nitrogen and oxygen atoms in total. The van der Waals surface area contributed by atoms with Crippen LogP contribution in [0.3, 0.4) is 0 Å². The van der Waals surface area contributed by atoms with Crippen molar-refractivity contribution in [2.24, 2.45) is 0 Å². The fourth-order valence-electron chi connectivity index (χ4n) is 4.37. The fourth-order valence-corrected chi connectivity index (χ4v) is 4.37. The molecule has 1 aliphatic heterocycles. The number of nitrogens with zero attached hydrogens (tertiary/aromatic N) is 3. The average Bonchev–Trinajstić information content (AvgIpc) is 3.26. The number of carbonyl (C=O) groups excluding carboxylic acids is 1. The summed E-state index contributed by atoms with van der Waals surface area (Å²) < 4.78 is 35.5. The third-order valence-corrected chi connectivity index (χ3v) is 5.66. The Morgan fingerprint density at radius 3 is 2.63 bits per heavy atom. The minimum Gasteiger partial charge on any atom is -0.453 e. The van der Waals surface area contributed by atoms with Crippen molar-refractivity contribution < 1.29 is 18.3 Å². The second-order valence-electron chi connectivity index (χ2n) is 7.47. The van der Waals surface area contributed by atoms with Crippen molar-refractivity contribution in [1.29, 1.82) is 0 Å². The van der Waals surface area contributed by atoms with Gasteiger partial charge in [0.15, 0.2) is 11.6 Å². The molecule has 0 bridgehead atoms. The zero-order valence-electron chi connectivity index (χ0n) is 15.8.